The molecule has 0 aliphatic heterocycles. The lowest BCUT2D eigenvalue weighted by atomic mass is 10.2. The molecule has 9 heteroatoms. The van der Waals surface area contributed by atoms with Gasteiger partial charge in [0.05, 0.1) is 15.3 Å². The molecular weight excluding hydrogens is 302 g/mol. The lowest BCUT2D eigenvalue weighted by Crippen LogP contribution is -2.10. The Morgan fingerprint density at radius 3 is 2.80 bits per heavy atom. The van der Waals surface area contributed by atoms with Crippen molar-refractivity contribution < 1.29 is 4.92 Å². The lowest BCUT2D eigenvalue weighted by molar-refractivity contribution is -0.384. The molecule has 20 heavy (non-hydrogen) atoms. The molecule has 0 amide bonds. The number of thiophene rings is 1. The van der Waals surface area contributed by atoms with Crippen molar-refractivity contribution in [3.8, 4) is 0 Å². The average Bonchev–Trinajstić information content (AvgIpc) is 2.85. The molecule has 0 radical (unpaired) electrons. The van der Waals surface area contributed by atoms with Crippen molar-refractivity contribution in [2.75, 3.05) is 17.7 Å². The zero-order valence-electron chi connectivity index (χ0n) is 10.8. The summed E-state index contributed by atoms with van der Waals surface area (Å²) in [6.45, 7) is 1.88. The highest BCUT2D eigenvalue weighted by Crippen LogP contribution is 2.31. The van der Waals surface area contributed by atoms with Gasteiger partial charge in [-0.2, -0.15) is 4.98 Å². The molecule has 0 saturated heterocycles. The number of nitrogens with zero attached hydrogens (tertiary/aromatic N) is 3. The molecule has 0 aliphatic carbocycles. The summed E-state index contributed by atoms with van der Waals surface area (Å²) in [5.74, 6) is 0.487. The fourth-order valence-electron chi connectivity index (χ4n) is 1.57. The first-order valence-corrected chi connectivity index (χ1v) is 6.91. The van der Waals surface area contributed by atoms with Gasteiger partial charge in [-0.3, -0.25) is 10.1 Å². The summed E-state index contributed by atoms with van der Waals surface area (Å²) in [5, 5.41) is 16.8. The van der Waals surface area contributed by atoms with Crippen LogP contribution in [0.15, 0.2) is 18.3 Å². The van der Waals surface area contributed by atoms with E-state index in [9.17, 15) is 10.1 Å². The third-order valence-electron chi connectivity index (χ3n) is 2.56. The molecule has 1 atom stereocenters. The normalized spacial score (nSPS) is 11.9. The Hall–Kier alpha value is -1.93. The van der Waals surface area contributed by atoms with Gasteiger partial charge in [-0.25, -0.2) is 4.98 Å². The van der Waals surface area contributed by atoms with Crippen LogP contribution in [-0.2, 0) is 0 Å². The minimum Gasteiger partial charge on any atom is -0.357 e. The molecule has 106 valence electrons. The number of nitrogens with one attached hydrogen (secondary N) is 2. The van der Waals surface area contributed by atoms with E-state index in [1.165, 1.54) is 17.5 Å². The summed E-state index contributed by atoms with van der Waals surface area (Å²) in [5.41, 5.74) is -0.168. The third kappa shape index (κ3) is 3.14. The molecule has 0 saturated carbocycles. The quantitative estimate of drug-likeness (QED) is 0.649. The third-order valence-corrected chi connectivity index (χ3v) is 3.98. The fourth-order valence-corrected chi connectivity index (χ4v) is 2.64. The van der Waals surface area contributed by atoms with E-state index in [2.05, 4.69) is 20.6 Å². The SMILES string of the molecule is CNc1ncc([N+](=O)[O-])c(NC(C)c2ccc(Cl)s2)n1. The van der Waals surface area contributed by atoms with E-state index >= 15 is 0 Å². The van der Waals surface area contributed by atoms with Crippen LogP contribution in [0, 0.1) is 10.1 Å². The molecular formula is C11H12ClN5O2S. The molecule has 2 aromatic rings. The molecule has 0 bridgehead atoms. The number of halogens is 1. The van der Waals surface area contributed by atoms with Gasteiger partial charge in [-0.05, 0) is 19.1 Å². The molecule has 2 aromatic heterocycles. The number of anilines is 2. The van der Waals surface area contributed by atoms with Gasteiger partial charge in [0.1, 0.15) is 6.20 Å². The molecule has 0 aromatic carbocycles. The fraction of sp³-hybridized carbons (Fsp3) is 0.273. The summed E-state index contributed by atoms with van der Waals surface area (Å²) in [7, 11) is 1.65. The van der Waals surface area contributed by atoms with Crippen LogP contribution in [0.5, 0.6) is 0 Å². The van der Waals surface area contributed by atoms with Crippen LogP contribution >= 0.6 is 22.9 Å². The maximum atomic E-state index is 11.0. The highest BCUT2D eigenvalue weighted by molar-refractivity contribution is 7.16. The molecule has 2 heterocycles. The van der Waals surface area contributed by atoms with E-state index < -0.39 is 4.92 Å². The number of aromatic nitrogens is 2. The number of hydrogen-bond acceptors (Lipinski definition) is 7. The second-order valence-electron chi connectivity index (χ2n) is 3.94. The van der Waals surface area contributed by atoms with Gasteiger partial charge in [0.25, 0.3) is 0 Å². The van der Waals surface area contributed by atoms with Crippen molar-refractivity contribution in [1.82, 2.24) is 9.97 Å². The first kappa shape index (κ1) is 14.5. The van der Waals surface area contributed by atoms with Crippen LogP contribution in [0.25, 0.3) is 0 Å². The van der Waals surface area contributed by atoms with E-state index in [1.54, 1.807) is 13.1 Å². The van der Waals surface area contributed by atoms with Gasteiger partial charge in [-0.1, -0.05) is 11.6 Å². The van der Waals surface area contributed by atoms with Gasteiger partial charge in [0, 0.05) is 11.9 Å². The number of rotatable bonds is 5. The van der Waals surface area contributed by atoms with Crippen LogP contribution in [0.1, 0.15) is 17.8 Å². The van der Waals surface area contributed by atoms with Crippen molar-refractivity contribution in [2.24, 2.45) is 0 Å². The van der Waals surface area contributed by atoms with Crippen LogP contribution in [0.2, 0.25) is 4.34 Å². The largest absolute Gasteiger partial charge is 0.357 e. The number of hydrogen-bond donors (Lipinski definition) is 2. The van der Waals surface area contributed by atoms with Crippen molar-refractivity contribution in [2.45, 2.75) is 13.0 Å². The summed E-state index contributed by atoms with van der Waals surface area (Å²) >= 11 is 7.30. The second-order valence-corrected chi connectivity index (χ2v) is 5.69. The molecule has 1 unspecified atom stereocenters. The van der Waals surface area contributed by atoms with Gasteiger partial charge >= 0.3 is 5.69 Å². The van der Waals surface area contributed by atoms with Gasteiger partial charge in [0.15, 0.2) is 0 Å². The zero-order valence-corrected chi connectivity index (χ0v) is 12.3. The Morgan fingerprint density at radius 2 is 2.25 bits per heavy atom. The summed E-state index contributed by atoms with van der Waals surface area (Å²) in [4.78, 5) is 19.4. The predicted octanol–water partition coefficient (Wildman–Crippen LogP) is 3.31. The predicted molar refractivity (Wildman–Crippen MR) is 79.6 cm³/mol. The monoisotopic (exact) mass is 313 g/mol. The molecule has 7 nitrogen and oxygen atoms in total. The van der Waals surface area contributed by atoms with Crippen LogP contribution in [-0.4, -0.2) is 21.9 Å². The molecule has 0 aliphatic rings. The first-order valence-electron chi connectivity index (χ1n) is 5.72. The Kier molecular flexibility index (Phi) is 4.35. The standard InChI is InChI=1S/C11H12ClN5O2S/c1-6(8-3-4-9(12)20-8)15-10-7(17(18)19)5-14-11(13-2)16-10/h3-6H,1-2H3,(H2,13,14,15,16). The zero-order chi connectivity index (χ0) is 14.7. The van der Waals surface area contributed by atoms with Gasteiger partial charge in [-0.15, -0.1) is 11.3 Å². The van der Waals surface area contributed by atoms with Crippen molar-refractivity contribution in [3.05, 3.63) is 37.7 Å². The Bertz CT molecular complexity index is 633. The maximum absolute atomic E-state index is 11.0. The van der Waals surface area contributed by atoms with Crippen LogP contribution in [0.3, 0.4) is 0 Å². The molecule has 2 N–H and O–H groups in total. The van der Waals surface area contributed by atoms with E-state index in [-0.39, 0.29) is 17.5 Å². The Balaban J connectivity index is 2.29. The van der Waals surface area contributed by atoms with E-state index in [0.29, 0.717) is 10.3 Å². The molecule has 2 rings (SSSR count). The van der Waals surface area contributed by atoms with Gasteiger partial charge < -0.3 is 10.6 Å². The highest BCUT2D eigenvalue weighted by atomic mass is 35.5. The van der Waals surface area contributed by atoms with E-state index in [0.717, 1.165) is 4.88 Å². The smallest absolute Gasteiger partial charge is 0.329 e. The second kappa shape index (κ2) is 6.02. The topological polar surface area (TPSA) is 93.0 Å². The van der Waals surface area contributed by atoms with Crippen molar-refractivity contribution in [1.29, 1.82) is 0 Å². The van der Waals surface area contributed by atoms with Gasteiger partial charge in [0.2, 0.25) is 11.8 Å². The summed E-state index contributed by atoms with van der Waals surface area (Å²) < 4.78 is 0.668. The minimum atomic E-state index is -0.518. The highest BCUT2D eigenvalue weighted by Gasteiger charge is 2.19. The van der Waals surface area contributed by atoms with Crippen molar-refractivity contribution in [3.63, 3.8) is 0 Å². The average molecular weight is 314 g/mol. The van der Waals surface area contributed by atoms with Crippen LogP contribution < -0.4 is 10.6 Å². The summed E-state index contributed by atoms with van der Waals surface area (Å²) in [6, 6.07) is 3.51. The van der Waals surface area contributed by atoms with E-state index in [1.807, 2.05) is 13.0 Å². The molecule has 0 fully saturated rings. The number of nitro groups is 1. The lowest BCUT2D eigenvalue weighted by Gasteiger charge is -2.13. The first-order chi connectivity index (χ1) is 9.51. The van der Waals surface area contributed by atoms with E-state index in [4.69, 9.17) is 11.6 Å². The Labute approximate surface area is 124 Å². The minimum absolute atomic E-state index is 0.147. The Morgan fingerprint density at radius 1 is 1.50 bits per heavy atom. The van der Waals surface area contributed by atoms with Crippen molar-refractivity contribution >= 4 is 40.4 Å². The van der Waals surface area contributed by atoms with Crippen LogP contribution in [0.4, 0.5) is 17.5 Å². The molecule has 0 spiro atoms. The maximum Gasteiger partial charge on any atom is 0.329 e. The summed E-state index contributed by atoms with van der Waals surface area (Å²) in [6.07, 6.45) is 1.18.